The van der Waals surface area contributed by atoms with Crippen molar-refractivity contribution in [3.63, 3.8) is 0 Å². The fourth-order valence-electron chi connectivity index (χ4n) is 2.50. The molecule has 0 bridgehead atoms. The van der Waals surface area contributed by atoms with Crippen molar-refractivity contribution in [2.45, 2.75) is 17.7 Å². The van der Waals surface area contributed by atoms with Gasteiger partial charge in [-0.3, -0.25) is 9.52 Å². The van der Waals surface area contributed by atoms with Crippen LogP contribution in [0.2, 0.25) is 0 Å². The quantitative estimate of drug-likeness (QED) is 0.935. The van der Waals surface area contributed by atoms with E-state index in [9.17, 15) is 17.6 Å². The zero-order valence-corrected chi connectivity index (χ0v) is 13.0. The molecule has 0 unspecified atom stereocenters. The summed E-state index contributed by atoms with van der Waals surface area (Å²) in [7, 11) is -3.99. The van der Waals surface area contributed by atoms with Gasteiger partial charge in [-0.15, -0.1) is 0 Å². The molecule has 1 N–H and O–H groups in total. The summed E-state index contributed by atoms with van der Waals surface area (Å²) < 4.78 is 40.4. The number of amides is 1. The number of carbonyl (C=O) groups excluding carboxylic acids is 1. The van der Waals surface area contributed by atoms with Crippen molar-refractivity contribution in [3.8, 4) is 0 Å². The van der Waals surface area contributed by atoms with E-state index >= 15 is 0 Å². The number of nitrogens with zero attached hydrogens (tertiary/aromatic N) is 1. The zero-order valence-electron chi connectivity index (χ0n) is 12.2. The Morgan fingerprint density at radius 3 is 2.35 bits per heavy atom. The molecular weight excluding hydrogens is 319 g/mol. The minimum absolute atomic E-state index is 0.0599. The number of sulfonamides is 1. The van der Waals surface area contributed by atoms with Crippen molar-refractivity contribution >= 4 is 27.3 Å². The minimum Gasteiger partial charge on any atom is -0.312 e. The lowest BCUT2D eigenvalue weighted by atomic mass is 10.2. The first-order valence-electron chi connectivity index (χ1n) is 7.15. The molecular formula is C16H15FN2O3S. The van der Waals surface area contributed by atoms with E-state index in [0.29, 0.717) is 18.7 Å². The lowest BCUT2D eigenvalue weighted by molar-refractivity contribution is -0.117. The maximum atomic E-state index is 13.6. The number of hydrogen-bond acceptors (Lipinski definition) is 3. The highest BCUT2D eigenvalue weighted by molar-refractivity contribution is 7.92. The third-order valence-corrected chi connectivity index (χ3v) is 5.05. The highest BCUT2D eigenvalue weighted by atomic mass is 32.2. The van der Waals surface area contributed by atoms with Gasteiger partial charge in [-0.2, -0.15) is 0 Å². The maximum absolute atomic E-state index is 13.6. The van der Waals surface area contributed by atoms with Crippen LogP contribution in [0.4, 0.5) is 15.8 Å². The smallest absolute Gasteiger partial charge is 0.264 e. The van der Waals surface area contributed by atoms with Crippen LogP contribution in [0.15, 0.2) is 53.4 Å². The number of benzene rings is 2. The summed E-state index contributed by atoms with van der Waals surface area (Å²) in [4.78, 5) is 12.9. The van der Waals surface area contributed by atoms with E-state index < -0.39 is 20.7 Å². The van der Waals surface area contributed by atoms with Gasteiger partial charge < -0.3 is 4.90 Å². The van der Waals surface area contributed by atoms with E-state index in [1.807, 2.05) is 0 Å². The van der Waals surface area contributed by atoms with Crippen LogP contribution in [0.1, 0.15) is 12.8 Å². The van der Waals surface area contributed by atoms with Crippen LogP contribution in [0.3, 0.4) is 0 Å². The summed E-state index contributed by atoms with van der Waals surface area (Å²) in [5.41, 5.74) is 1.03. The second kappa shape index (κ2) is 6.00. The van der Waals surface area contributed by atoms with Gasteiger partial charge in [0.05, 0.1) is 0 Å². The normalized spacial score (nSPS) is 15.0. The Kier molecular flexibility index (Phi) is 4.04. The van der Waals surface area contributed by atoms with Crippen molar-refractivity contribution < 1.29 is 17.6 Å². The Morgan fingerprint density at radius 2 is 1.74 bits per heavy atom. The molecule has 0 aromatic heterocycles. The summed E-state index contributed by atoms with van der Waals surface area (Å²) in [5.74, 6) is -0.746. The van der Waals surface area contributed by atoms with Crippen LogP contribution in [0, 0.1) is 5.82 Å². The minimum atomic E-state index is -3.99. The number of anilines is 2. The molecule has 0 aliphatic carbocycles. The highest BCUT2D eigenvalue weighted by Crippen LogP contribution is 2.24. The van der Waals surface area contributed by atoms with Gasteiger partial charge in [0.1, 0.15) is 10.7 Å². The number of carbonyl (C=O) groups is 1. The second-order valence-corrected chi connectivity index (χ2v) is 6.88. The molecule has 7 heteroatoms. The van der Waals surface area contributed by atoms with Gasteiger partial charge in [0.25, 0.3) is 10.0 Å². The summed E-state index contributed by atoms with van der Waals surface area (Å²) in [6.45, 7) is 0.666. The number of rotatable bonds is 4. The van der Waals surface area contributed by atoms with Crippen molar-refractivity contribution in [3.05, 3.63) is 54.3 Å². The van der Waals surface area contributed by atoms with E-state index in [1.54, 1.807) is 29.2 Å². The first-order chi connectivity index (χ1) is 11.0. The lowest BCUT2D eigenvalue weighted by Crippen LogP contribution is -2.23. The Morgan fingerprint density at radius 1 is 1.04 bits per heavy atom. The van der Waals surface area contributed by atoms with Crippen LogP contribution in [-0.4, -0.2) is 20.9 Å². The highest BCUT2D eigenvalue weighted by Gasteiger charge is 2.22. The molecule has 0 atom stereocenters. The van der Waals surface area contributed by atoms with Gasteiger partial charge in [0.2, 0.25) is 5.91 Å². The predicted octanol–water partition coefficient (Wildman–Crippen LogP) is 2.75. The third kappa shape index (κ3) is 3.19. The second-order valence-electron chi connectivity index (χ2n) is 5.23. The SMILES string of the molecule is O=C1CCCN1c1ccc(NS(=O)(=O)c2ccccc2F)cc1. The molecule has 0 radical (unpaired) electrons. The molecule has 2 aromatic rings. The van der Waals surface area contributed by atoms with E-state index in [1.165, 1.54) is 18.2 Å². The molecule has 3 rings (SSSR count). The summed E-state index contributed by atoms with van der Waals surface area (Å²) in [6, 6.07) is 11.6. The average molecular weight is 334 g/mol. The molecule has 2 aromatic carbocycles. The average Bonchev–Trinajstić information content (AvgIpc) is 2.94. The molecule has 1 aliphatic rings. The molecule has 1 amide bonds. The topological polar surface area (TPSA) is 66.5 Å². The van der Waals surface area contributed by atoms with Crippen LogP contribution in [0.5, 0.6) is 0 Å². The van der Waals surface area contributed by atoms with Crippen LogP contribution >= 0.6 is 0 Å². The standard InChI is InChI=1S/C16H15FN2O3S/c17-14-4-1-2-5-15(14)23(21,22)18-12-7-9-13(10-8-12)19-11-3-6-16(19)20/h1-2,4-5,7-10,18H,3,6,11H2. The monoisotopic (exact) mass is 334 g/mol. The van der Waals surface area contributed by atoms with E-state index in [2.05, 4.69) is 4.72 Å². The largest absolute Gasteiger partial charge is 0.312 e. The number of hydrogen-bond donors (Lipinski definition) is 1. The molecule has 1 aliphatic heterocycles. The van der Waals surface area contributed by atoms with E-state index in [0.717, 1.165) is 18.2 Å². The van der Waals surface area contributed by atoms with Crippen LogP contribution < -0.4 is 9.62 Å². The van der Waals surface area contributed by atoms with Gasteiger partial charge in [-0.25, -0.2) is 12.8 Å². The fourth-order valence-corrected chi connectivity index (χ4v) is 3.64. The first-order valence-corrected chi connectivity index (χ1v) is 8.63. The molecule has 1 fully saturated rings. The van der Waals surface area contributed by atoms with Gasteiger partial charge in [0, 0.05) is 24.3 Å². The molecule has 1 heterocycles. The van der Waals surface area contributed by atoms with E-state index in [4.69, 9.17) is 0 Å². The van der Waals surface area contributed by atoms with Gasteiger partial charge in [-0.05, 0) is 42.8 Å². The van der Waals surface area contributed by atoms with Gasteiger partial charge in [0.15, 0.2) is 0 Å². The lowest BCUT2D eigenvalue weighted by Gasteiger charge is -2.16. The predicted molar refractivity (Wildman–Crippen MR) is 85.2 cm³/mol. The fraction of sp³-hybridized carbons (Fsp3) is 0.188. The van der Waals surface area contributed by atoms with Crippen molar-refractivity contribution in [2.24, 2.45) is 0 Å². The Labute approximate surface area is 133 Å². The molecule has 1 saturated heterocycles. The maximum Gasteiger partial charge on any atom is 0.264 e. The van der Waals surface area contributed by atoms with Crippen LogP contribution in [-0.2, 0) is 14.8 Å². The molecule has 5 nitrogen and oxygen atoms in total. The molecule has 23 heavy (non-hydrogen) atoms. The molecule has 120 valence electrons. The summed E-state index contributed by atoms with van der Waals surface area (Å²) in [6.07, 6.45) is 1.35. The molecule has 0 saturated carbocycles. The van der Waals surface area contributed by atoms with Crippen molar-refractivity contribution in [1.82, 2.24) is 0 Å². The van der Waals surface area contributed by atoms with Crippen molar-refractivity contribution in [2.75, 3.05) is 16.2 Å². The van der Waals surface area contributed by atoms with Crippen LogP contribution in [0.25, 0.3) is 0 Å². The third-order valence-electron chi connectivity index (χ3n) is 3.63. The summed E-state index contributed by atoms with van der Waals surface area (Å²) >= 11 is 0. The van der Waals surface area contributed by atoms with Gasteiger partial charge >= 0.3 is 0 Å². The Bertz CT molecular complexity index is 835. The first kappa shape index (κ1) is 15.5. The van der Waals surface area contributed by atoms with Crippen molar-refractivity contribution in [1.29, 1.82) is 0 Å². The number of nitrogens with one attached hydrogen (secondary N) is 1. The number of halogens is 1. The Hall–Kier alpha value is -2.41. The van der Waals surface area contributed by atoms with E-state index in [-0.39, 0.29) is 5.91 Å². The Balaban J connectivity index is 1.81. The van der Waals surface area contributed by atoms with Gasteiger partial charge in [-0.1, -0.05) is 12.1 Å². The zero-order chi connectivity index (χ0) is 16.4. The summed E-state index contributed by atoms with van der Waals surface area (Å²) in [5, 5.41) is 0. The molecule has 0 spiro atoms.